The van der Waals surface area contributed by atoms with Gasteiger partial charge >= 0.3 is 0 Å². The van der Waals surface area contributed by atoms with E-state index in [0.29, 0.717) is 22.2 Å². The van der Waals surface area contributed by atoms with Crippen molar-refractivity contribution in [1.82, 2.24) is 10.1 Å². The standard InChI is InChI=1S/C24H27BrN2O2/c1-17(24(28)21-16-22(25)26-29-21)27-14-12-20(13-15-27)23(18-8-4-2-5-9-18)19-10-6-3-7-11-19/h2-11,16-17,20,23-24,28H,12-15H2,1H3. The highest BCUT2D eigenvalue weighted by molar-refractivity contribution is 9.10. The summed E-state index contributed by atoms with van der Waals surface area (Å²) in [6.45, 7) is 4.00. The van der Waals surface area contributed by atoms with Crippen LogP contribution in [0.15, 0.2) is 75.9 Å². The van der Waals surface area contributed by atoms with Gasteiger partial charge in [0.1, 0.15) is 10.7 Å². The third-order valence-electron chi connectivity index (χ3n) is 6.19. The van der Waals surface area contributed by atoms with Gasteiger partial charge in [-0.3, -0.25) is 4.90 Å². The van der Waals surface area contributed by atoms with Gasteiger partial charge in [0, 0.05) is 18.0 Å². The van der Waals surface area contributed by atoms with Crippen molar-refractivity contribution in [2.24, 2.45) is 5.92 Å². The molecular formula is C24H27BrN2O2. The summed E-state index contributed by atoms with van der Waals surface area (Å²) < 4.78 is 5.86. The second-order valence-corrected chi connectivity index (χ2v) is 8.72. The minimum absolute atomic E-state index is 0.0114. The van der Waals surface area contributed by atoms with Crippen molar-refractivity contribution in [1.29, 1.82) is 0 Å². The summed E-state index contributed by atoms with van der Waals surface area (Å²) >= 11 is 3.28. The molecule has 1 aromatic heterocycles. The topological polar surface area (TPSA) is 49.5 Å². The Kier molecular flexibility index (Phi) is 6.48. The molecule has 0 amide bonds. The van der Waals surface area contributed by atoms with Gasteiger partial charge in [0.05, 0.1) is 0 Å². The van der Waals surface area contributed by atoms with Crippen LogP contribution in [-0.2, 0) is 0 Å². The Morgan fingerprint density at radius 3 is 2.03 bits per heavy atom. The van der Waals surface area contributed by atoms with Crippen LogP contribution in [0.5, 0.6) is 0 Å². The van der Waals surface area contributed by atoms with Crippen molar-refractivity contribution in [3.63, 3.8) is 0 Å². The molecule has 1 N–H and O–H groups in total. The molecule has 1 aliphatic rings. The molecule has 2 atom stereocenters. The molecule has 1 aliphatic heterocycles. The summed E-state index contributed by atoms with van der Waals surface area (Å²) in [5.74, 6) is 1.50. The summed E-state index contributed by atoms with van der Waals surface area (Å²) in [5, 5.41) is 14.5. The maximum Gasteiger partial charge on any atom is 0.167 e. The zero-order chi connectivity index (χ0) is 20.2. The van der Waals surface area contributed by atoms with Crippen molar-refractivity contribution in [2.45, 2.75) is 37.8 Å². The minimum Gasteiger partial charge on any atom is -0.383 e. The van der Waals surface area contributed by atoms with Crippen molar-refractivity contribution < 1.29 is 9.63 Å². The van der Waals surface area contributed by atoms with E-state index in [4.69, 9.17) is 4.52 Å². The first-order valence-electron chi connectivity index (χ1n) is 10.3. The largest absolute Gasteiger partial charge is 0.383 e. The number of piperidine rings is 1. The Hall–Kier alpha value is -1.95. The molecule has 0 aliphatic carbocycles. The van der Waals surface area contributed by atoms with Gasteiger partial charge in [0.2, 0.25) is 0 Å². The van der Waals surface area contributed by atoms with Crippen LogP contribution < -0.4 is 0 Å². The molecule has 3 aromatic rings. The zero-order valence-corrected chi connectivity index (χ0v) is 18.2. The highest BCUT2D eigenvalue weighted by Gasteiger charge is 2.33. The van der Waals surface area contributed by atoms with Gasteiger partial charge in [-0.05, 0) is 65.8 Å². The molecule has 0 saturated carbocycles. The Morgan fingerprint density at radius 1 is 1.00 bits per heavy atom. The van der Waals surface area contributed by atoms with Crippen LogP contribution >= 0.6 is 15.9 Å². The van der Waals surface area contributed by atoms with E-state index in [2.05, 4.69) is 93.6 Å². The van der Waals surface area contributed by atoms with Gasteiger partial charge in [-0.25, -0.2) is 0 Å². The predicted molar refractivity (Wildman–Crippen MR) is 118 cm³/mol. The Morgan fingerprint density at radius 2 is 1.55 bits per heavy atom. The van der Waals surface area contributed by atoms with Gasteiger partial charge in [-0.2, -0.15) is 0 Å². The van der Waals surface area contributed by atoms with E-state index in [-0.39, 0.29) is 6.04 Å². The predicted octanol–water partition coefficient (Wildman–Crippen LogP) is 5.40. The second kappa shape index (κ2) is 9.24. The van der Waals surface area contributed by atoms with E-state index in [1.165, 1.54) is 11.1 Å². The first kappa shape index (κ1) is 20.3. The number of halogens is 1. The molecule has 2 unspecified atom stereocenters. The fraction of sp³-hybridized carbons (Fsp3) is 0.375. The summed E-state index contributed by atoms with van der Waals surface area (Å²) in [5.41, 5.74) is 2.77. The number of aromatic nitrogens is 1. The van der Waals surface area contributed by atoms with Gasteiger partial charge in [0.25, 0.3) is 0 Å². The normalized spacial score (nSPS) is 18.1. The molecule has 2 aromatic carbocycles. The minimum atomic E-state index is -0.676. The molecule has 0 bridgehead atoms. The number of rotatable bonds is 6. The lowest BCUT2D eigenvalue weighted by Crippen LogP contribution is -2.43. The van der Waals surface area contributed by atoms with Gasteiger partial charge in [0.15, 0.2) is 5.76 Å². The molecule has 4 rings (SSSR count). The van der Waals surface area contributed by atoms with Gasteiger partial charge in [-0.15, -0.1) is 0 Å². The molecular weight excluding hydrogens is 428 g/mol. The Labute approximate surface area is 180 Å². The highest BCUT2D eigenvalue weighted by atomic mass is 79.9. The maximum atomic E-state index is 10.7. The SMILES string of the molecule is CC(C(O)c1cc(Br)no1)N1CCC(C(c2ccccc2)c2ccccc2)CC1. The number of hydrogen-bond acceptors (Lipinski definition) is 4. The Balaban J connectivity index is 1.47. The van der Waals surface area contributed by atoms with Gasteiger partial charge in [-0.1, -0.05) is 65.8 Å². The van der Waals surface area contributed by atoms with Crippen LogP contribution in [0.4, 0.5) is 0 Å². The van der Waals surface area contributed by atoms with Crippen LogP contribution in [0.25, 0.3) is 0 Å². The number of aliphatic hydroxyl groups is 1. The summed E-state index contributed by atoms with van der Waals surface area (Å²) in [7, 11) is 0. The number of nitrogens with zero attached hydrogens (tertiary/aromatic N) is 2. The summed E-state index contributed by atoms with van der Waals surface area (Å²) in [6.07, 6.45) is 1.53. The first-order chi connectivity index (χ1) is 14.1. The maximum absolute atomic E-state index is 10.7. The lowest BCUT2D eigenvalue weighted by molar-refractivity contribution is 0.0210. The van der Waals surface area contributed by atoms with Gasteiger partial charge < -0.3 is 9.63 Å². The van der Waals surface area contributed by atoms with Crippen molar-refractivity contribution >= 4 is 15.9 Å². The van der Waals surface area contributed by atoms with E-state index >= 15 is 0 Å². The third-order valence-corrected chi connectivity index (χ3v) is 6.56. The summed E-state index contributed by atoms with van der Waals surface area (Å²) in [6, 6.07) is 23.4. The van der Waals surface area contributed by atoms with E-state index in [0.717, 1.165) is 25.9 Å². The molecule has 1 fully saturated rings. The fourth-order valence-electron chi connectivity index (χ4n) is 4.56. The Bertz CT molecular complexity index is 852. The summed E-state index contributed by atoms with van der Waals surface area (Å²) in [4.78, 5) is 2.37. The van der Waals surface area contributed by atoms with E-state index in [1.807, 2.05) is 0 Å². The number of likely N-dealkylation sites (tertiary alicyclic amines) is 1. The lowest BCUT2D eigenvalue weighted by atomic mass is 9.76. The number of aliphatic hydroxyl groups excluding tert-OH is 1. The van der Waals surface area contributed by atoms with Crippen molar-refractivity contribution in [2.75, 3.05) is 13.1 Å². The highest BCUT2D eigenvalue weighted by Crippen LogP contribution is 2.39. The second-order valence-electron chi connectivity index (χ2n) is 7.91. The smallest absolute Gasteiger partial charge is 0.167 e. The molecule has 0 spiro atoms. The molecule has 0 radical (unpaired) electrons. The van der Waals surface area contributed by atoms with Crippen LogP contribution in [0.1, 0.15) is 48.7 Å². The molecule has 4 nitrogen and oxygen atoms in total. The van der Waals surface area contributed by atoms with Crippen LogP contribution in [-0.4, -0.2) is 34.3 Å². The average molecular weight is 455 g/mol. The van der Waals surface area contributed by atoms with Crippen molar-refractivity contribution in [3.05, 3.63) is 88.2 Å². The quantitative estimate of drug-likeness (QED) is 0.541. The van der Waals surface area contributed by atoms with Crippen LogP contribution in [0.3, 0.4) is 0 Å². The van der Waals surface area contributed by atoms with E-state index in [9.17, 15) is 5.11 Å². The van der Waals surface area contributed by atoms with Crippen LogP contribution in [0, 0.1) is 5.92 Å². The van der Waals surface area contributed by atoms with E-state index < -0.39 is 6.10 Å². The molecule has 5 heteroatoms. The third kappa shape index (κ3) is 4.63. The zero-order valence-electron chi connectivity index (χ0n) is 16.6. The van der Waals surface area contributed by atoms with E-state index in [1.54, 1.807) is 6.07 Å². The van der Waals surface area contributed by atoms with Crippen LogP contribution in [0.2, 0.25) is 0 Å². The number of benzene rings is 2. The molecule has 29 heavy (non-hydrogen) atoms. The average Bonchev–Trinajstić information content (AvgIpc) is 3.21. The molecule has 1 saturated heterocycles. The number of hydrogen-bond donors (Lipinski definition) is 1. The molecule has 152 valence electrons. The molecule has 2 heterocycles. The monoisotopic (exact) mass is 454 g/mol. The van der Waals surface area contributed by atoms with Crippen molar-refractivity contribution in [3.8, 4) is 0 Å². The first-order valence-corrected chi connectivity index (χ1v) is 11.1. The lowest BCUT2D eigenvalue weighted by Gasteiger charge is -2.40. The fourth-order valence-corrected chi connectivity index (χ4v) is 4.86.